The van der Waals surface area contributed by atoms with E-state index in [2.05, 4.69) is 6.58 Å². The quantitative estimate of drug-likeness (QED) is 0.595. The number of carbonyl (C=O) groups is 2. The third-order valence-corrected chi connectivity index (χ3v) is 5.56. The summed E-state index contributed by atoms with van der Waals surface area (Å²) >= 11 is 1.60. The van der Waals surface area contributed by atoms with E-state index in [1.54, 1.807) is 27.2 Å². The standard InChI is InChI=1S/C23H28N2O4S/c1-5-10-24(22(27)23(2,3)4)15-21(26)25(14-18-7-6-11-30-18)13-17-8-9-19-20(12-17)29-16-28-19/h5-9,11-12H,1,10,13-16H2,2-4H3. The van der Waals surface area contributed by atoms with Crippen LogP contribution in [0.25, 0.3) is 0 Å². The van der Waals surface area contributed by atoms with Crippen LogP contribution in [0.2, 0.25) is 0 Å². The van der Waals surface area contributed by atoms with Crippen LogP contribution in [0, 0.1) is 5.41 Å². The summed E-state index contributed by atoms with van der Waals surface area (Å²) in [6.07, 6.45) is 1.65. The van der Waals surface area contributed by atoms with Crippen LogP contribution < -0.4 is 9.47 Å². The number of rotatable bonds is 8. The lowest BCUT2D eigenvalue weighted by molar-refractivity contribution is -0.145. The van der Waals surface area contributed by atoms with Crippen molar-refractivity contribution in [2.24, 2.45) is 5.41 Å². The first kappa shape index (κ1) is 21.9. The lowest BCUT2D eigenvalue weighted by Gasteiger charge is -2.31. The highest BCUT2D eigenvalue weighted by atomic mass is 32.1. The number of hydrogen-bond acceptors (Lipinski definition) is 5. The minimum absolute atomic E-state index is 0.0120. The molecule has 160 valence electrons. The Morgan fingerprint density at radius 3 is 2.57 bits per heavy atom. The van der Waals surface area contributed by atoms with Gasteiger partial charge in [0, 0.05) is 23.4 Å². The van der Waals surface area contributed by atoms with E-state index < -0.39 is 5.41 Å². The van der Waals surface area contributed by atoms with E-state index in [0.717, 1.165) is 10.4 Å². The molecule has 0 bridgehead atoms. The second-order valence-corrected chi connectivity index (χ2v) is 9.27. The summed E-state index contributed by atoms with van der Waals surface area (Å²) in [6.45, 7) is 10.7. The van der Waals surface area contributed by atoms with E-state index in [1.165, 1.54) is 0 Å². The van der Waals surface area contributed by atoms with Crippen molar-refractivity contribution in [3.63, 3.8) is 0 Å². The lowest BCUT2D eigenvalue weighted by Crippen LogP contribution is -2.46. The molecule has 3 rings (SSSR count). The molecule has 0 atom stereocenters. The molecule has 0 radical (unpaired) electrons. The van der Waals surface area contributed by atoms with Gasteiger partial charge in [-0.15, -0.1) is 17.9 Å². The number of fused-ring (bicyclic) bond motifs is 1. The summed E-state index contributed by atoms with van der Waals surface area (Å²) in [4.78, 5) is 30.5. The fourth-order valence-corrected chi connectivity index (χ4v) is 3.91. The van der Waals surface area contributed by atoms with Gasteiger partial charge >= 0.3 is 0 Å². The van der Waals surface area contributed by atoms with Gasteiger partial charge in [0.05, 0.1) is 6.54 Å². The average molecular weight is 429 g/mol. The zero-order valence-electron chi connectivity index (χ0n) is 17.7. The van der Waals surface area contributed by atoms with Gasteiger partial charge in [-0.25, -0.2) is 0 Å². The maximum atomic E-state index is 13.3. The fraction of sp³-hybridized carbons (Fsp3) is 0.391. The highest BCUT2D eigenvalue weighted by Gasteiger charge is 2.29. The second kappa shape index (κ2) is 9.34. The SMILES string of the molecule is C=CCN(CC(=O)N(Cc1ccc2c(c1)OCO2)Cc1cccs1)C(=O)C(C)(C)C. The normalized spacial score (nSPS) is 12.5. The molecule has 0 spiro atoms. The molecule has 1 aliphatic rings. The van der Waals surface area contributed by atoms with Crippen LogP contribution in [0.5, 0.6) is 11.5 Å². The number of nitrogens with zero attached hydrogens (tertiary/aromatic N) is 2. The van der Waals surface area contributed by atoms with Crippen LogP contribution in [0.1, 0.15) is 31.2 Å². The number of ether oxygens (including phenoxy) is 2. The average Bonchev–Trinajstić information content (AvgIpc) is 3.37. The zero-order valence-corrected chi connectivity index (χ0v) is 18.5. The van der Waals surface area contributed by atoms with Gasteiger partial charge in [0.2, 0.25) is 18.6 Å². The zero-order chi connectivity index (χ0) is 21.7. The van der Waals surface area contributed by atoms with Crippen molar-refractivity contribution in [1.29, 1.82) is 0 Å². The van der Waals surface area contributed by atoms with Crippen molar-refractivity contribution in [2.45, 2.75) is 33.9 Å². The van der Waals surface area contributed by atoms with Crippen LogP contribution in [0.15, 0.2) is 48.4 Å². The van der Waals surface area contributed by atoms with E-state index in [0.29, 0.717) is 31.1 Å². The van der Waals surface area contributed by atoms with Gasteiger partial charge in [-0.05, 0) is 29.1 Å². The van der Waals surface area contributed by atoms with Gasteiger partial charge in [0.15, 0.2) is 11.5 Å². The second-order valence-electron chi connectivity index (χ2n) is 8.24. The molecule has 0 unspecified atom stereocenters. The number of thiophene rings is 1. The van der Waals surface area contributed by atoms with Gasteiger partial charge in [-0.1, -0.05) is 39.0 Å². The van der Waals surface area contributed by atoms with Gasteiger partial charge in [-0.3, -0.25) is 9.59 Å². The molecule has 30 heavy (non-hydrogen) atoms. The predicted molar refractivity (Wildman–Crippen MR) is 117 cm³/mol. The topological polar surface area (TPSA) is 59.1 Å². The van der Waals surface area contributed by atoms with Gasteiger partial charge in [0.1, 0.15) is 6.54 Å². The molecule has 1 aromatic heterocycles. The Labute approximate surface area is 181 Å². The lowest BCUT2D eigenvalue weighted by atomic mass is 9.94. The molecule has 1 aliphatic heterocycles. The van der Waals surface area contributed by atoms with Crippen LogP contribution >= 0.6 is 11.3 Å². The summed E-state index contributed by atoms with van der Waals surface area (Å²) in [5, 5.41) is 1.99. The Bertz CT molecular complexity index is 902. The Morgan fingerprint density at radius 2 is 1.90 bits per heavy atom. The van der Waals surface area contributed by atoms with E-state index in [1.807, 2.05) is 56.5 Å². The minimum Gasteiger partial charge on any atom is -0.454 e. The Hall–Kier alpha value is -2.80. The molecule has 0 saturated heterocycles. The van der Waals surface area contributed by atoms with Crippen molar-refractivity contribution in [3.8, 4) is 11.5 Å². The third kappa shape index (κ3) is 5.42. The molecular weight excluding hydrogens is 400 g/mol. The Kier molecular flexibility index (Phi) is 6.82. The van der Waals surface area contributed by atoms with E-state index in [9.17, 15) is 9.59 Å². The monoisotopic (exact) mass is 428 g/mol. The first-order chi connectivity index (χ1) is 14.3. The van der Waals surface area contributed by atoms with Crippen molar-refractivity contribution < 1.29 is 19.1 Å². The van der Waals surface area contributed by atoms with E-state index in [-0.39, 0.29) is 25.2 Å². The highest BCUT2D eigenvalue weighted by Crippen LogP contribution is 2.33. The number of amides is 2. The van der Waals surface area contributed by atoms with Crippen molar-refractivity contribution in [2.75, 3.05) is 19.9 Å². The molecule has 0 fully saturated rings. The molecule has 7 heteroatoms. The van der Waals surface area contributed by atoms with Crippen molar-refractivity contribution >= 4 is 23.2 Å². The minimum atomic E-state index is -0.570. The van der Waals surface area contributed by atoms with Crippen molar-refractivity contribution in [1.82, 2.24) is 9.80 Å². The molecule has 2 amide bonds. The van der Waals surface area contributed by atoms with Gasteiger partial charge < -0.3 is 19.3 Å². The molecule has 1 aromatic carbocycles. The molecule has 0 N–H and O–H groups in total. The smallest absolute Gasteiger partial charge is 0.242 e. The molecule has 2 aromatic rings. The van der Waals surface area contributed by atoms with Gasteiger partial charge in [0.25, 0.3) is 0 Å². The van der Waals surface area contributed by atoms with E-state index >= 15 is 0 Å². The molecule has 0 saturated carbocycles. The number of carbonyl (C=O) groups excluding carboxylic acids is 2. The van der Waals surface area contributed by atoms with Crippen LogP contribution in [-0.2, 0) is 22.7 Å². The van der Waals surface area contributed by atoms with Crippen LogP contribution in [0.4, 0.5) is 0 Å². The summed E-state index contributed by atoms with van der Waals surface area (Å²) in [6, 6.07) is 9.67. The largest absolute Gasteiger partial charge is 0.454 e. The summed E-state index contributed by atoms with van der Waals surface area (Å²) in [5.41, 5.74) is 0.376. The third-order valence-electron chi connectivity index (χ3n) is 4.69. The summed E-state index contributed by atoms with van der Waals surface area (Å²) in [7, 11) is 0. The molecule has 0 aliphatic carbocycles. The Morgan fingerprint density at radius 1 is 1.13 bits per heavy atom. The van der Waals surface area contributed by atoms with Crippen LogP contribution in [-0.4, -0.2) is 41.5 Å². The summed E-state index contributed by atoms with van der Waals surface area (Å²) < 4.78 is 10.8. The molecule has 2 heterocycles. The molecular formula is C23H28N2O4S. The maximum absolute atomic E-state index is 13.3. The highest BCUT2D eigenvalue weighted by molar-refractivity contribution is 7.09. The van der Waals surface area contributed by atoms with E-state index in [4.69, 9.17) is 9.47 Å². The first-order valence-corrected chi connectivity index (χ1v) is 10.7. The Balaban J connectivity index is 1.79. The fourth-order valence-electron chi connectivity index (χ4n) is 3.20. The van der Waals surface area contributed by atoms with Crippen molar-refractivity contribution in [3.05, 3.63) is 58.8 Å². The predicted octanol–water partition coefficient (Wildman–Crippen LogP) is 4.07. The molecule has 6 nitrogen and oxygen atoms in total. The number of benzene rings is 1. The number of hydrogen-bond donors (Lipinski definition) is 0. The maximum Gasteiger partial charge on any atom is 0.242 e. The summed E-state index contributed by atoms with van der Waals surface area (Å²) in [5.74, 6) is 1.21. The van der Waals surface area contributed by atoms with Gasteiger partial charge in [-0.2, -0.15) is 0 Å². The first-order valence-electron chi connectivity index (χ1n) is 9.87. The van der Waals surface area contributed by atoms with Crippen LogP contribution in [0.3, 0.4) is 0 Å².